The maximum atomic E-state index is 6.28. The summed E-state index contributed by atoms with van der Waals surface area (Å²) in [7, 11) is 3.39. The Morgan fingerprint density at radius 2 is 1.00 bits per heavy atom. The fraction of sp³-hybridized carbons (Fsp3) is 0.600. The molecule has 0 N–H and O–H groups in total. The lowest BCUT2D eigenvalue weighted by Crippen LogP contribution is -2.00. The second kappa shape index (κ2) is 9.75. The van der Waals surface area contributed by atoms with E-state index in [1.54, 1.807) is 10.8 Å². The molecule has 1 aliphatic carbocycles. The molecule has 0 aromatic heterocycles. The van der Waals surface area contributed by atoms with Crippen LogP contribution in [0.3, 0.4) is 0 Å². The van der Waals surface area contributed by atoms with Crippen LogP contribution >= 0.6 is 79.6 Å². The number of hydrogen-bond donors (Lipinski definition) is 0. The second-order valence-electron chi connectivity index (χ2n) is 5.40. The minimum atomic E-state index is 0.218. The molecule has 0 saturated heterocycles. The van der Waals surface area contributed by atoms with Gasteiger partial charge in [0.25, 0.3) is 0 Å². The fourth-order valence-corrected chi connectivity index (χ4v) is 7.10. The maximum absolute atomic E-state index is 6.28. The summed E-state index contributed by atoms with van der Waals surface area (Å²) in [4.78, 5) is 0.715. The van der Waals surface area contributed by atoms with E-state index in [2.05, 4.69) is 0 Å². The average Bonchev–Trinajstić information content (AvgIpc) is 2.65. The highest BCUT2D eigenvalue weighted by Gasteiger charge is 2.21. The van der Waals surface area contributed by atoms with Gasteiger partial charge in [-0.3, -0.25) is 0 Å². The van der Waals surface area contributed by atoms with Crippen molar-refractivity contribution in [2.24, 2.45) is 0 Å². The highest BCUT2D eigenvalue weighted by Crippen LogP contribution is 2.52. The Morgan fingerprint density at radius 1 is 0.591 bits per heavy atom. The predicted molar refractivity (Wildman–Crippen MR) is 106 cm³/mol. The predicted octanol–water partition coefficient (Wildman–Crippen LogP) is 9.20. The summed E-state index contributed by atoms with van der Waals surface area (Å²) in [5, 5.41) is 2.16. The van der Waals surface area contributed by atoms with Crippen LogP contribution in [0.1, 0.15) is 51.4 Å². The van der Waals surface area contributed by atoms with Gasteiger partial charge in [-0.25, -0.2) is 0 Å². The molecule has 2 rings (SSSR count). The van der Waals surface area contributed by atoms with Gasteiger partial charge in [0.15, 0.2) is 0 Å². The van der Waals surface area contributed by atoms with E-state index in [4.69, 9.17) is 58.0 Å². The summed E-state index contributed by atoms with van der Waals surface area (Å²) < 4.78 is 0. The molecule has 0 atom stereocenters. The quantitative estimate of drug-likeness (QED) is 0.262. The van der Waals surface area contributed by atoms with Crippen LogP contribution in [0.2, 0.25) is 25.1 Å². The molecule has 1 aromatic carbocycles. The molecule has 0 aliphatic heterocycles. The molecule has 0 bridgehead atoms. The van der Waals surface area contributed by atoms with E-state index in [9.17, 15) is 0 Å². The van der Waals surface area contributed by atoms with E-state index in [-0.39, 0.29) is 15.1 Å². The smallest absolute Gasteiger partial charge is 0.0809 e. The zero-order valence-corrected chi connectivity index (χ0v) is 17.4. The van der Waals surface area contributed by atoms with Crippen LogP contribution < -0.4 is 0 Å². The fourth-order valence-electron chi connectivity index (χ4n) is 2.47. The molecule has 0 radical (unpaired) electrons. The highest BCUT2D eigenvalue weighted by atomic mass is 35.5. The van der Waals surface area contributed by atoms with Gasteiger partial charge in [-0.05, 0) is 12.8 Å². The molecule has 0 unspecified atom stereocenters. The Labute approximate surface area is 165 Å². The van der Waals surface area contributed by atoms with Crippen molar-refractivity contribution in [2.75, 3.05) is 0 Å². The van der Waals surface area contributed by atoms with E-state index in [1.807, 2.05) is 10.8 Å². The van der Waals surface area contributed by atoms with Gasteiger partial charge in [-0.1, -0.05) is 118 Å². The molecule has 1 aliphatic rings. The highest BCUT2D eigenvalue weighted by molar-refractivity contribution is 8.77. The van der Waals surface area contributed by atoms with Crippen LogP contribution in [-0.2, 0) is 0 Å². The average molecular weight is 439 g/mol. The van der Waals surface area contributed by atoms with Crippen molar-refractivity contribution in [3.63, 3.8) is 0 Å². The van der Waals surface area contributed by atoms with Crippen molar-refractivity contribution in [3.05, 3.63) is 25.1 Å². The van der Waals surface area contributed by atoms with Gasteiger partial charge >= 0.3 is 0 Å². The number of halogens is 5. The van der Waals surface area contributed by atoms with Gasteiger partial charge in [0, 0.05) is 5.25 Å². The van der Waals surface area contributed by atoms with Gasteiger partial charge in [0.1, 0.15) is 0 Å². The summed E-state index contributed by atoms with van der Waals surface area (Å²) in [6.07, 6.45) is 10.5. The maximum Gasteiger partial charge on any atom is 0.0809 e. The van der Waals surface area contributed by atoms with Crippen LogP contribution in [-0.4, -0.2) is 5.25 Å². The molecule has 1 aromatic rings. The first-order valence-corrected chi connectivity index (χ1v) is 11.5. The Balaban J connectivity index is 2.07. The first kappa shape index (κ1) is 19.7. The summed E-state index contributed by atoms with van der Waals surface area (Å²) in [6, 6.07) is 0. The van der Waals surface area contributed by atoms with Crippen LogP contribution in [0.25, 0.3) is 0 Å². The monoisotopic (exact) mass is 436 g/mol. The molecular formula is C15H17Cl5S2. The van der Waals surface area contributed by atoms with E-state index >= 15 is 0 Å². The summed E-state index contributed by atoms with van der Waals surface area (Å²) in [5.41, 5.74) is 0. The van der Waals surface area contributed by atoms with Crippen molar-refractivity contribution >= 4 is 79.6 Å². The first-order chi connectivity index (χ1) is 10.5. The number of benzene rings is 1. The van der Waals surface area contributed by atoms with Crippen LogP contribution in [0.5, 0.6) is 0 Å². The van der Waals surface area contributed by atoms with Gasteiger partial charge in [0.05, 0.1) is 30.0 Å². The zero-order valence-electron chi connectivity index (χ0n) is 11.9. The van der Waals surface area contributed by atoms with Crippen LogP contribution in [0.15, 0.2) is 4.90 Å². The first-order valence-electron chi connectivity index (χ1n) is 7.37. The van der Waals surface area contributed by atoms with Crippen molar-refractivity contribution < 1.29 is 0 Å². The molecule has 0 amide bonds. The van der Waals surface area contributed by atoms with E-state index in [0.29, 0.717) is 20.2 Å². The Morgan fingerprint density at radius 3 is 1.50 bits per heavy atom. The van der Waals surface area contributed by atoms with Gasteiger partial charge in [-0.15, -0.1) is 0 Å². The zero-order chi connectivity index (χ0) is 16.1. The topological polar surface area (TPSA) is 0 Å². The summed E-state index contributed by atoms with van der Waals surface area (Å²) >= 11 is 30.8. The molecule has 0 spiro atoms. The van der Waals surface area contributed by atoms with Crippen molar-refractivity contribution in [3.8, 4) is 0 Å². The molecule has 0 heterocycles. The number of rotatable bonds is 3. The van der Waals surface area contributed by atoms with Crippen molar-refractivity contribution in [1.29, 1.82) is 0 Å². The van der Waals surface area contributed by atoms with Crippen molar-refractivity contribution in [1.82, 2.24) is 0 Å². The largest absolute Gasteiger partial charge is 0.0854 e. The molecule has 1 saturated carbocycles. The second-order valence-corrected chi connectivity index (χ2v) is 9.80. The molecule has 0 nitrogen and oxygen atoms in total. The summed E-state index contributed by atoms with van der Waals surface area (Å²) in [6.45, 7) is 0. The lowest BCUT2D eigenvalue weighted by atomic mass is 10.1. The van der Waals surface area contributed by atoms with E-state index in [0.717, 1.165) is 0 Å². The lowest BCUT2D eigenvalue weighted by molar-refractivity contribution is 0.624. The lowest BCUT2D eigenvalue weighted by Gasteiger charge is -2.17. The van der Waals surface area contributed by atoms with Crippen molar-refractivity contribution in [2.45, 2.75) is 61.5 Å². The van der Waals surface area contributed by atoms with E-state index < -0.39 is 0 Å². The Hall–Kier alpha value is 1.37. The molecule has 22 heavy (non-hydrogen) atoms. The van der Waals surface area contributed by atoms with E-state index in [1.165, 1.54) is 51.4 Å². The SMILES string of the molecule is Clc1c(Cl)c(Cl)c(SSC2CCCCCCCC2)c(Cl)c1Cl. The third-order valence-corrected chi connectivity index (χ3v) is 9.26. The third kappa shape index (κ3) is 5.18. The minimum Gasteiger partial charge on any atom is -0.0854 e. The third-order valence-electron chi connectivity index (χ3n) is 3.74. The molecule has 1 fully saturated rings. The molecule has 7 heteroatoms. The van der Waals surface area contributed by atoms with Crippen LogP contribution in [0, 0.1) is 0 Å². The molecule has 124 valence electrons. The minimum absolute atomic E-state index is 0.218. The van der Waals surface area contributed by atoms with Gasteiger partial charge in [0.2, 0.25) is 0 Å². The van der Waals surface area contributed by atoms with Gasteiger partial charge < -0.3 is 0 Å². The Kier molecular flexibility index (Phi) is 8.73. The summed E-state index contributed by atoms with van der Waals surface area (Å²) in [5.74, 6) is 0. The number of hydrogen-bond acceptors (Lipinski definition) is 2. The van der Waals surface area contributed by atoms with Crippen LogP contribution in [0.4, 0.5) is 0 Å². The Bertz CT molecular complexity index is 482. The van der Waals surface area contributed by atoms with Gasteiger partial charge in [-0.2, -0.15) is 0 Å². The molecular weight excluding hydrogens is 422 g/mol. The standard InChI is InChI=1S/C15H17Cl5S2/c16-10-11(17)13(19)15(14(20)12(10)18)22-21-9-7-5-3-1-2-4-6-8-9/h9H,1-8H2. The normalized spacial score (nSPS) is 17.9.